The molecule has 1 amide bonds. The minimum atomic E-state index is -0.213. The maximum Gasteiger partial charge on any atom is 0.251 e. The van der Waals surface area contributed by atoms with Gasteiger partial charge < -0.3 is 14.5 Å². The molecule has 3 heterocycles. The molecule has 21 heavy (non-hydrogen) atoms. The highest BCUT2D eigenvalue weighted by atomic mass is 16.5. The number of rotatable bonds is 2. The molecular weight excluding hydrogens is 268 g/mol. The van der Waals surface area contributed by atoms with Gasteiger partial charge in [0.25, 0.3) is 5.91 Å². The van der Waals surface area contributed by atoms with Crippen molar-refractivity contribution in [3.63, 3.8) is 0 Å². The van der Waals surface area contributed by atoms with Gasteiger partial charge in [-0.25, -0.2) is 4.98 Å². The van der Waals surface area contributed by atoms with Gasteiger partial charge in [0.05, 0.1) is 5.69 Å². The Morgan fingerprint density at radius 3 is 2.81 bits per heavy atom. The Morgan fingerprint density at radius 1 is 1.19 bits per heavy atom. The Morgan fingerprint density at radius 2 is 2.05 bits per heavy atom. The summed E-state index contributed by atoms with van der Waals surface area (Å²) < 4.78 is 5.51. The van der Waals surface area contributed by atoms with E-state index < -0.39 is 0 Å². The Balaban J connectivity index is 1.64. The Bertz CT molecular complexity index is 502. The molecule has 6 nitrogen and oxygen atoms in total. The fourth-order valence-electron chi connectivity index (χ4n) is 3.04. The molecule has 0 saturated carbocycles. The molecule has 2 fully saturated rings. The van der Waals surface area contributed by atoms with Crippen LogP contribution in [-0.2, 0) is 9.53 Å². The highest BCUT2D eigenvalue weighted by Crippen LogP contribution is 2.19. The molecule has 1 aromatic heterocycles. The first kappa shape index (κ1) is 14.3. The van der Waals surface area contributed by atoms with Gasteiger partial charge in [-0.3, -0.25) is 9.78 Å². The summed E-state index contributed by atoms with van der Waals surface area (Å²) in [7, 11) is 0. The monoisotopic (exact) mass is 290 g/mol. The second-order valence-corrected chi connectivity index (χ2v) is 5.63. The molecule has 2 aliphatic heterocycles. The van der Waals surface area contributed by atoms with Crippen molar-refractivity contribution in [1.82, 2.24) is 14.9 Å². The lowest BCUT2D eigenvalue weighted by Crippen LogP contribution is -2.41. The van der Waals surface area contributed by atoms with Gasteiger partial charge >= 0.3 is 0 Å². The van der Waals surface area contributed by atoms with E-state index in [0.717, 1.165) is 63.6 Å². The average molecular weight is 290 g/mol. The van der Waals surface area contributed by atoms with Gasteiger partial charge in [0.1, 0.15) is 11.9 Å². The van der Waals surface area contributed by atoms with Crippen molar-refractivity contribution in [2.75, 3.05) is 37.7 Å². The predicted molar refractivity (Wildman–Crippen MR) is 79.2 cm³/mol. The van der Waals surface area contributed by atoms with Gasteiger partial charge in [0, 0.05) is 45.2 Å². The van der Waals surface area contributed by atoms with Crippen LogP contribution in [0.5, 0.6) is 0 Å². The van der Waals surface area contributed by atoms with Crippen molar-refractivity contribution in [3.8, 4) is 0 Å². The second kappa shape index (κ2) is 6.39. The first-order valence-electron chi connectivity index (χ1n) is 7.68. The van der Waals surface area contributed by atoms with E-state index in [9.17, 15) is 4.79 Å². The fourth-order valence-corrected chi connectivity index (χ4v) is 3.04. The molecule has 1 atom stereocenters. The summed E-state index contributed by atoms with van der Waals surface area (Å²) in [5.41, 5.74) is 0.941. The maximum atomic E-state index is 12.4. The van der Waals surface area contributed by atoms with Crippen LogP contribution in [0.2, 0.25) is 0 Å². The lowest BCUT2D eigenvalue weighted by molar-refractivity contribution is -0.140. The number of aromatic nitrogens is 2. The molecule has 114 valence electrons. The second-order valence-electron chi connectivity index (χ2n) is 5.63. The normalized spacial score (nSPS) is 23.2. The summed E-state index contributed by atoms with van der Waals surface area (Å²) in [6.45, 7) is 5.94. The summed E-state index contributed by atoms with van der Waals surface area (Å²) in [6.07, 6.45) is 6.04. The van der Waals surface area contributed by atoms with Crippen LogP contribution >= 0.6 is 0 Å². The molecule has 0 spiro atoms. The summed E-state index contributed by atoms with van der Waals surface area (Å²) in [5.74, 6) is 1.09. The number of amides is 1. The zero-order valence-electron chi connectivity index (χ0n) is 12.5. The zero-order valence-corrected chi connectivity index (χ0v) is 12.5. The van der Waals surface area contributed by atoms with Crippen molar-refractivity contribution in [3.05, 3.63) is 18.1 Å². The molecule has 0 aromatic carbocycles. The quantitative estimate of drug-likeness (QED) is 0.813. The predicted octanol–water partition coefficient (Wildman–Crippen LogP) is 1.00. The van der Waals surface area contributed by atoms with E-state index in [0.29, 0.717) is 0 Å². The number of hydrogen-bond acceptors (Lipinski definition) is 5. The minimum Gasteiger partial charge on any atom is -0.368 e. The standard InChI is InChI=1S/C15H22N4O2/c1-12-14(17-6-5-16-12)18-7-3-8-19(10-9-18)15(20)13-4-2-11-21-13/h5-6,13H,2-4,7-11H2,1H3/t13-/m1/s1. The minimum absolute atomic E-state index is 0.158. The Labute approximate surface area is 125 Å². The van der Waals surface area contributed by atoms with Gasteiger partial charge in [0.15, 0.2) is 0 Å². The number of ether oxygens (including phenoxy) is 1. The van der Waals surface area contributed by atoms with Crippen LogP contribution in [0.3, 0.4) is 0 Å². The van der Waals surface area contributed by atoms with Crippen LogP contribution in [0, 0.1) is 6.92 Å². The molecule has 0 unspecified atom stereocenters. The summed E-state index contributed by atoms with van der Waals surface area (Å²) >= 11 is 0. The van der Waals surface area contributed by atoms with Crippen molar-refractivity contribution in [1.29, 1.82) is 0 Å². The van der Waals surface area contributed by atoms with E-state index in [-0.39, 0.29) is 12.0 Å². The molecule has 0 aliphatic carbocycles. The molecule has 3 rings (SSSR count). The Hall–Kier alpha value is -1.69. The van der Waals surface area contributed by atoms with Gasteiger partial charge in [-0.1, -0.05) is 0 Å². The summed E-state index contributed by atoms with van der Waals surface area (Å²) in [6, 6.07) is 0. The van der Waals surface area contributed by atoms with E-state index >= 15 is 0 Å². The smallest absolute Gasteiger partial charge is 0.251 e. The van der Waals surface area contributed by atoms with Gasteiger partial charge in [-0.2, -0.15) is 0 Å². The lowest BCUT2D eigenvalue weighted by Gasteiger charge is -2.25. The van der Waals surface area contributed by atoms with Crippen molar-refractivity contribution in [2.45, 2.75) is 32.3 Å². The van der Waals surface area contributed by atoms with Crippen molar-refractivity contribution < 1.29 is 9.53 Å². The number of hydrogen-bond donors (Lipinski definition) is 0. The number of nitrogens with zero attached hydrogens (tertiary/aromatic N) is 4. The first-order valence-corrected chi connectivity index (χ1v) is 7.68. The molecule has 2 saturated heterocycles. The summed E-state index contributed by atoms with van der Waals surface area (Å²) in [4.78, 5) is 25.3. The number of carbonyl (C=O) groups is 1. The fraction of sp³-hybridized carbons (Fsp3) is 0.667. The van der Waals surface area contributed by atoms with Crippen LogP contribution in [0.4, 0.5) is 5.82 Å². The molecule has 2 aliphatic rings. The first-order chi connectivity index (χ1) is 10.3. The number of aryl methyl sites for hydroxylation is 1. The van der Waals surface area contributed by atoms with E-state index in [4.69, 9.17) is 4.74 Å². The SMILES string of the molecule is Cc1nccnc1N1CCCN(C(=O)[C@H]2CCCO2)CC1. The van der Waals surface area contributed by atoms with E-state index in [2.05, 4.69) is 14.9 Å². The topological polar surface area (TPSA) is 58.6 Å². The van der Waals surface area contributed by atoms with Gasteiger partial charge in [-0.15, -0.1) is 0 Å². The Kier molecular flexibility index (Phi) is 4.34. The van der Waals surface area contributed by atoms with E-state index in [1.165, 1.54) is 0 Å². The lowest BCUT2D eigenvalue weighted by atomic mass is 10.2. The zero-order chi connectivity index (χ0) is 14.7. The summed E-state index contributed by atoms with van der Waals surface area (Å²) in [5, 5.41) is 0. The molecule has 6 heteroatoms. The third-order valence-corrected chi connectivity index (χ3v) is 4.17. The van der Waals surface area contributed by atoms with Crippen LogP contribution in [-0.4, -0.2) is 59.7 Å². The van der Waals surface area contributed by atoms with E-state index in [1.54, 1.807) is 12.4 Å². The average Bonchev–Trinajstić information content (AvgIpc) is 2.92. The van der Waals surface area contributed by atoms with E-state index in [1.807, 2.05) is 11.8 Å². The molecular formula is C15H22N4O2. The van der Waals surface area contributed by atoms with Crippen LogP contribution < -0.4 is 4.90 Å². The van der Waals surface area contributed by atoms with Crippen LogP contribution in [0.1, 0.15) is 25.0 Å². The van der Waals surface area contributed by atoms with Crippen LogP contribution in [0.25, 0.3) is 0 Å². The highest BCUT2D eigenvalue weighted by molar-refractivity contribution is 5.81. The molecule has 1 aromatic rings. The maximum absolute atomic E-state index is 12.4. The van der Waals surface area contributed by atoms with Crippen molar-refractivity contribution in [2.24, 2.45) is 0 Å². The molecule has 0 radical (unpaired) electrons. The van der Waals surface area contributed by atoms with Crippen LogP contribution in [0.15, 0.2) is 12.4 Å². The van der Waals surface area contributed by atoms with Gasteiger partial charge in [0.2, 0.25) is 0 Å². The largest absolute Gasteiger partial charge is 0.368 e. The highest BCUT2D eigenvalue weighted by Gasteiger charge is 2.29. The molecule has 0 N–H and O–H groups in total. The van der Waals surface area contributed by atoms with Gasteiger partial charge in [-0.05, 0) is 26.2 Å². The third kappa shape index (κ3) is 3.15. The number of anilines is 1. The molecule has 0 bridgehead atoms. The van der Waals surface area contributed by atoms with Crippen molar-refractivity contribution >= 4 is 11.7 Å². The third-order valence-electron chi connectivity index (χ3n) is 4.17. The number of carbonyl (C=O) groups excluding carboxylic acids is 1.